The molecule has 1 saturated heterocycles. The maximum atomic E-state index is 12.4. The summed E-state index contributed by atoms with van der Waals surface area (Å²) in [4.78, 5) is 38.3. The molecule has 1 heterocycles. The zero-order valence-electron chi connectivity index (χ0n) is 16.5. The van der Waals surface area contributed by atoms with Gasteiger partial charge in [0.15, 0.2) is 12.4 Å². The largest absolute Gasteiger partial charge is 0.454 e. The van der Waals surface area contributed by atoms with Crippen LogP contribution < -0.4 is 0 Å². The molecule has 1 fully saturated rings. The molecule has 0 aromatic heterocycles. The van der Waals surface area contributed by atoms with Crippen molar-refractivity contribution in [3.63, 3.8) is 0 Å². The van der Waals surface area contributed by atoms with Gasteiger partial charge in [0.25, 0.3) is 0 Å². The molecule has 0 bridgehead atoms. The van der Waals surface area contributed by atoms with Crippen molar-refractivity contribution >= 4 is 17.7 Å². The summed E-state index contributed by atoms with van der Waals surface area (Å²) in [5.41, 5.74) is 4.53. The minimum Gasteiger partial charge on any atom is -0.454 e. The van der Waals surface area contributed by atoms with Gasteiger partial charge in [-0.3, -0.25) is 9.59 Å². The Labute approximate surface area is 170 Å². The normalized spacial score (nSPS) is 15.9. The monoisotopic (exact) mass is 391 g/mol. The Morgan fingerprint density at radius 3 is 2.31 bits per heavy atom. The molecule has 0 saturated carbocycles. The van der Waals surface area contributed by atoms with E-state index in [0.29, 0.717) is 24.1 Å². The summed E-state index contributed by atoms with van der Waals surface area (Å²) in [5.74, 6) is -0.523. The molecule has 0 spiro atoms. The lowest BCUT2D eigenvalue weighted by Crippen LogP contribution is -2.23. The van der Waals surface area contributed by atoms with Crippen LogP contribution in [0.4, 0.5) is 0 Å². The standard InChI is InChI=1S/C24H25NO4/c26-22(21-12-11-18-4-1-2-5-20(18)14-21)16-29-24(28)19-9-7-17(8-10-19)15-25-13-3-6-23(25)27/h7-12,14H,1-6,13,15-16H2. The van der Waals surface area contributed by atoms with E-state index >= 15 is 0 Å². The molecule has 5 nitrogen and oxygen atoms in total. The van der Waals surface area contributed by atoms with Gasteiger partial charge < -0.3 is 9.64 Å². The number of ether oxygens (including phenoxy) is 1. The zero-order chi connectivity index (χ0) is 20.2. The van der Waals surface area contributed by atoms with Gasteiger partial charge in [-0.25, -0.2) is 4.79 Å². The SMILES string of the molecule is O=C(COC(=O)c1ccc(CN2CCCC2=O)cc1)c1ccc2c(c1)CCCC2. The first kappa shape index (κ1) is 19.4. The van der Waals surface area contributed by atoms with Gasteiger partial charge in [0.1, 0.15) is 0 Å². The number of benzene rings is 2. The van der Waals surface area contributed by atoms with Crippen LogP contribution in [-0.2, 0) is 28.9 Å². The number of fused-ring (bicyclic) bond motifs is 1. The van der Waals surface area contributed by atoms with Gasteiger partial charge in [-0.1, -0.05) is 24.3 Å². The summed E-state index contributed by atoms with van der Waals surface area (Å²) in [7, 11) is 0. The molecule has 2 aromatic rings. The average molecular weight is 391 g/mol. The van der Waals surface area contributed by atoms with E-state index in [4.69, 9.17) is 4.74 Å². The van der Waals surface area contributed by atoms with E-state index in [-0.39, 0.29) is 18.3 Å². The number of carbonyl (C=O) groups is 3. The second kappa shape index (κ2) is 8.60. The Morgan fingerprint density at radius 2 is 1.59 bits per heavy atom. The number of likely N-dealkylation sites (tertiary alicyclic amines) is 1. The molecule has 150 valence electrons. The molecule has 4 rings (SSSR count). The van der Waals surface area contributed by atoms with Crippen LogP contribution in [0.5, 0.6) is 0 Å². The molecule has 0 unspecified atom stereocenters. The summed E-state index contributed by atoms with van der Waals surface area (Å²) in [5, 5.41) is 0. The fourth-order valence-corrected chi connectivity index (χ4v) is 4.04. The predicted molar refractivity (Wildman–Crippen MR) is 109 cm³/mol. The minimum absolute atomic E-state index is 0.175. The molecule has 0 radical (unpaired) electrons. The minimum atomic E-state index is -0.514. The molecule has 1 aliphatic carbocycles. The summed E-state index contributed by atoms with van der Waals surface area (Å²) < 4.78 is 5.23. The third-order valence-electron chi connectivity index (χ3n) is 5.74. The van der Waals surface area contributed by atoms with Crippen LogP contribution in [0.2, 0.25) is 0 Å². The number of esters is 1. The highest BCUT2D eigenvalue weighted by atomic mass is 16.5. The van der Waals surface area contributed by atoms with Gasteiger partial charge in [-0.15, -0.1) is 0 Å². The third-order valence-corrected chi connectivity index (χ3v) is 5.74. The van der Waals surface area contributed by atoms with Crippen molar-refractivity contribution in [2.24, 2.45) is 0 Å². The summed E-state index contributed by atoms with van der Waals surface area (Å²) in [6.45, 7) is 1.08. The topological polar surface area (TPSA) is 63.7 Å². The van der Waals surface area contributed by atoms with E-state index in [1.165, 1.54) is 17.5 Å². The van der Waals surface area contributed by atoms with Crippen molar-refractivity contribution < 1.29 is 19.1 Å². The van der Waals surface area contributed by atoms with Crippen LogP contribution in [-0.4, -0.2) is 35.7 Å². The molecule has 0 atom stereocenters. The lowest BCUT2D eigenvalue weighted by molar-refractivity contribution is -0.128. The van der Waals surface area contributed by atoms with Crippen molar-refractivity contribution in [3.05, 3.63) is 70.3 Å². The van der Waals surface area contributed by atoms with E-state index in [1.807, 2.05) is 35.2 Å². The van der Waals surface area contributed by atoms with Crippen LogP contribution >= 0.6 is 0 Å². The molecule has 29 heavy (non-hydrogen) atoms. The highest BCUT2D eigenvalue weighted by Crippen LogP contribution is 2.22. The number of hydrogen-bond donors (Lipinski definition) is 0. The quantitative estimate of drug-likeness (QED) is 0.556. The maximum Gasteiger partial charge on any atom is 0.338 e. The van der Waals surface area contributed by atoms with Gasteiger partial charge in [0.2, 0.25) is 5.91 Å². The highest BCUT2D eigenvalue weighted by molar-refractivity contribution is 5.99. The van der Waals surface area contributed by atoms with Gasteiger partial charge in [0.05, 0.1) is 5.56 Å². The fourth-order valence-electron chi connectivity index (χ4n) is 4.04. The molecular formula is C24H25NO4. The first-order valence-electron chi connectivity index (χ1n) is 10.3. The van der Waals surface area contributed by atoms with Gasteiger partial charge in [-0.05, 0) is 67.0 Å². The Hall–Kier alpha value is -2.95. The Bertz CT molecular complexity index is 932. The van der Waals surface area contributed by atoms with Crippen molar-refractivity contribution in [2.75, 3.05) is 13.2 Å². The lowest BCUT2D eigenvalue weighted by atomic mass is 9.90. The van der Waals surface area contributed by atoms with Crippen LogP contribution in [0.1, 0.15) is 63.1 Å². The van der Waals surface area contributed by atoms with Crippen LogP contribution in [0.25, 0.3) is 0 Å². The van der Waals surface area contributed by atoms with E-state index in [1.54, 1.807) is 12.1 Å². The van der Waals surface area contributed by atoms with Crippen molar-refractivity contribution in [1.82, 2.24) is 4.90 Å². The van der Waals surface area contributed by atoms with E-state index in [2.05, 4.69) is 0 Å². The van der Waals surface area contributed by atoms with Gasteiger partial charge in [0, 0.05) is 25.1 Å². The van der Waals surface area contributed by atoms with Crippen molar-refractivity contribution in [3.8, 4) is 0 Å². The fraction of sp³-hybridized carbons (Fsp3) is 0.375. The molecule has 5 heteroatoms. The molecule has 2 aromatic carbocycles. The molecule has 0 N–H and O–H groups in total. The summed E-state index contributed by atoms with van der Waals surface area (Å²) in [6.07, 6.45) is 5.95. The number of rotatable bonds is 6. The maximum absolute atomic E-state index is 12.4. The Balaban J connectivity index is 1.32. The molecule has 1 amide bonds. The first-order chi connectivity index (χ1) is 14.1. The Kier molecular flexibility index (Phi) is 5.74. The number of Topliss-reactive ketones (excluding diaryl/α,β-unsaturated/α-hetero) is 1. The number of aryl methyl sites for hydroxylation is 2. The number of carbonyl (C=O) groups excluding carboxylic acids is 3. The number of amides is 1. The van der Waals surface area contributed by atoms with Gasteiger partial charge >= 0.3 is 5.97 Å². The number of nitrogens with zero attached hydrogens (tertiary/aromatic N) is 1. The van der Waals surface area contributed by atoms with E-state index in [9.17, 15) is 14.4 Å². The molecule has 1 aliphatic heterocycles. The van der Waals surface area contributed by atoms with Crippen molar-refractivity contribution in [1.29, 1.82) is 0 Å². The van der Waals surface area contributed by atoms with Crippen LogP contribution in [0.3, 0.4) is 0 Å². The first-order valence-corrected chi connectivity index (χ1v) is 10.3. The smallest absolute Gasteiger partial charge is 0.338 e. The van der Waals surface area contributed by atoms with E-state index < -0.39 is 5.97 Å². The summed E-state index contributed by atoms with van der Waals surface area (Å²) >= 11 is 0. The van der Waals surface area contributed by atoms with E-state index in [0.717, 1.165) is 37.8 Å². The van der Waals surface area contributed by atoms with Crippen LogP contribution in [0, 0.1) is 0 Å². The lowest BCUT2D eigenvalue weighted by Gasteiger charge is -2.16. The predicted octanol–water partition coefficient (Wildman–Crippen LogP) is 3.73. The zero-order valence-corrected chi connectivity index (χ0v) is 16.5. The number of ketones is 1. The van der Waals surface area contributed by atoms with Gasteiger partial charge in [-0.2, -0.15) is 0 Å². The van der Waals surface area contributed by atoms with Crippen LogP contribution in [0.15, 0.2) is 42.5 Å². The molecular weight excluding hydrogens is 366 g/mol. The molecule has 2 aliphatic rings. The number of hydrogen-bond acceptors (Lipinski definition) is 4. The second-order valence-electron chi connectivity index (χ2n) is 7.81. The second-order valence-corrected chi connectivity index (χ2v) is 7.81. The third kappa shape index (κ3) is 4.56. The van der Waals surface area contributed by atoms with Crippen molar-refractivity contribution in [2.45, 2.75) is 45.1 Å². The Morgan fingerprint density at radius 1 is 0.862 bits per heavy atom. The summed E-state index contributed by atoms with van der Waals surface area (Å²) in [6, 6.07) is 12.8. The average Bonchev–Trinajstić information content (AvgIpc) is 3.16. The highest BCUT2D eigenvalue weighted by Gasteiger charge is 2.20.